The Bertz CT molecular complexity index is 933. The molecule has 0 spiro atoms. The molecule has 2 N–H and O–H groups in total. The summed E-state index contributed by atoms with van der Waals surface area (Å²) < 4.78 is 0. The normalized spacial score (nSPS) is 12.8. The van der Waals surface area contributed by atoms with Crippen molar-refractivity contribution in [2.24, 2.45) is 0 Å². The van der Waals surface area contributed by atoms with E-state index in [0.717, 1.165) is 24.1 Å². The molecular formula is C20H20N4OS. The average molecular weight is 364 g/mol. The molecule has 1 aromatic heterocycles. The highest BCUT2D eigenvalue weighted by molar-refractivity contribution is 7.99. The number of aromatic nitrogens is 3. The molecule has 0 atom stereocenters. The molecule has 6 heteroatoms. The number of thioether (sulfide) groups is 1. The number of benzene rings is 2. The van der Waals surface area contributed by atoms with Crippen molar-refractivity contribution in [2.75, 3.05) is 11.1 Å². The summed E-state index contributed by atoms with van der Waals surface area (Å²) in [7, 11) is 0. The van der Waals surface area contributed by atoms with Gasteiger partial charge in [0.2, 0.25) is 11.1 Å². The zero-order chi connectivity index (χ0) is 17.9. The van der Waals surface area contributed by atoms with Gasteiger partial charge in [0.1, 0.15) is 0 Å². The molecule has 1 aliphatic carbocycles. The van der Waals surface area contributed by atoms with Crippen LogP contribution in [0.2, 0.25) is 0 Å². The van der Waals surface area contributed by atoms with Crippen LogP contribution in [0.15, 0.2) is 47.6 Å². The van der Waals surface area contributed by atoms with E-state index < -0.39 is 0 Å². The third kappa shape index (κ3) is 3.80. The third-order valence-electron chi connectivity index (χ3n) is 4.50. The van der Waals surface area contributed by atoms with Gasteiger partial charge < -0.3 is 5.32 Å². The first-order valence-corrected chi connectivity index (χ1v) is 9.70. The Labute approximate surface area is 156 Å². The standard InChI is InChI=1S/C20H20N4OS/c1-13-5-7-15(8-6-13)19-22-20(24-23-19)26-12-18(25)21-17-10-9-14-3-2-4-16(14)11-17/h5-11H,2-4,12H2,1H3,(H,21,25)(H,22,23,24). The monoisotopic (exact) mass is 364 g/mol. The third-order valence-corrected chi connectivity index (χ3v) is 5.35. The zero-order valence-electron chi connectivity index (χ0n) is 14.6. The number of hydrogen-bond donors (Lipinski definition) is 2. The van der Waals surface area contributed by atoms with E-state index in [9.17, 15) is 4.79 Å². The maximum atomic E-state index is 12.2. The number of anilines is 1. The van der Waals surface area contributed by atoms with E-state index in [0.29, 0.717) is 11.0 Å². The highest BCUT2D eigenvalue weighted by Gasteiger charge is 2.13. The molecule has 0 saturated carbocycles. The lowest BCUT2D eigenvalue weighted by Gasteiger charge is -2.06. The summed E-state index contributed by atoms with van der Waals surface area (Å²) in [6.07, 6.45) is 3.46. The Kier molecular flexibility index (Phi) is 4.75. The van der Waals surface area contributed by atoms with Crippen molar-refractivity contribution in [2.45, 2.75) is 31.3 Å². The van der Waals surface area contributed by atoms with Gasteiger partial charge in [0.15, 0.2) is 5.82 Å². The van der Waals surface area contributed by atoms with Crippen LogP contribution < -0.4 is 5.32 Å². The van der Waals surface area contributed by atoms with Gasteiger partial charge in [-0.15, -0.1) is 5.10 Å². The van der Waals surface area contributed by atoms with E-state index in [1.807, 2.05) is 37.3 Å². The number of hydrogen-bond acceptors (Lipinski definition) is 4. The van der Waals surface area contributed by atoms with Gasteiger partial charge in [-0.05, 0) is 49.4 Å². The van der Waals surface area contributed by atoms with Crippen molar-refractivity contribution >= 4 is 23.4 Å². The van der Waals surface area contributed by atoms with Gasteiger partial charge in [-0.25, -0.2) is 4.98 Å². The first kappa shape index (κ1) is 16.8. The second kappa shape index (κ2) is 7.33. The molecule has 4 rings (SSSR count). The maximum absolute atomic E-state index is 12.2. The molecule has 132 valence electrons. The predicted octanol–water partition coefficient (Wildman–Crippen LogP) is 4.00. The van der Waals surface area contributed by atoms with Crippen molar-refractivity contribution in [3.05, 3.63) is 59.2 Å². The van der Waals surface area contributed by atoms with Crippen LogP contribution in [-0.2, 0) is 17.6 Å². The molecule has 5 nitrogen and oxygen atoms in total. The lowest BCUT2D eigenvalue weighted by molar-refractivity contribution is -0.113. The van der Waals surface area contributed by atoms with Crippen molar-refractivity contribution in [1.29, 1.82) is 0 Å². The number of H-pyrrole nitrogens is 1. The largest absolute Gasteiger partial charge is 0.325 e. The Morgan fingerprint density at radius 1 is 1.15 bits per heavy atom. The van der Waals surface area contributed by atoms with E-state index >= 15 is 0 Å². The minimum atomic E-state index is -0.0466. The van der Waals surface area contributed by atoms with Gasteiger partial charge in [0.25, 0.3) is 0 Å². The van der Waals surface area contributed by atoms with Crippen LogP contribution in [0.25, 0.3) is 11.4 Å². The fraction of sp³-hybridized carbons (Fsp3) is 0.250. The number of nitrogens with one attached hydrogen (secondary N) is 2. The highest BCUT2D eigenvalue weighted by atomic mass is 32.2. The van der Waals surface area contributed by atoms with Crippen LogP contribution in [0.3, 0.4) is 0 Å². The number of carbonyl (C=O) groups excluding carboxylic acids is 1. The lowest BCUT2D eigenvalue weighted by Crippen LogP contribution is -2.14. The molecule has 0 unspecified atom stereocenters. The number of amides is 1. The van der Waals surface area contributed by atoms with Gasteiger partial charge >= 0.3 is 0 Å². The van der Waals surface area contributed by atoms with Crippen LogP contribution in [-0.4, -0.2) is 26.8 Å². The minimum Gasteiger partial charge on any atom is -0.325 e. The Morgan fingerprint density at radius 3 is 2.81 bits per heavy atom. The number of carbonyl (C=O) groups is 1. The number of aryl methyl sites for hydroxylation is 3. The van der Waals surface area contributed by atoms with Crippen LogP contribution in [0.4, 0.5) is 5.69 Å². The van der Waals surface area contributed by atoms with Gasteiger partial charge in [0.05, 0.1) is 5.75 Å². The quantitative estimate of drug-likeness (QED) is 0.671. The highest BCUT2D eigenvalue weighted by Crippen LogP contribution is 2.25. The van der Waals surface area contributed by atoms with Crippen molar-refractivity contribution in [1.82, 2.24) is 15.2 Å². The van der Waals surface area contributed by atoms with Crippen LogP contribution in [0.5, 0.6) is 0 Å². The molecule has 0 saturated heterocycles. The summed E-state index contributed by atoms with van der Waals surface area (Å²) in [5, 5.41) is 10.7. The first-order valence-electron chi connectivity index (χ1n) is 8.71. The van der Waals surface area contributed by atoms with E-state index in [-0.39, 0.29) is 11.7 Å². The molecular weight excluding hydrogens is 344 g/mol. The Hall–Kier alpha value is -2.60. The molecule has 1 heterocycles. The molecule has 3 aromatic rings. The van der Waals surface area contributed by atoms with E-state index in [1.54, 1.807) is 0 Å². The Balaban J connectivity index is 1.34. The summed E-state index contributed by atoms with van der Waals surface area (Å²) in [6, 6.07) is 14.3. The van der Waals surface area contributed by atoms with Gasteiger partial charge in [-0.3, -0.25) is 9.89 Å². The molecule has 0 aliphatic heterocycles. The van der Waals surface area contributed by atoms with Crippen LogP contribution >= 0.6 is 11.8 Å². The average Bonchev–Trinajstić information content (AvgIpc) is 3.29. The predicted molar refractivity (Wildman–Crippen MR) is 104 cm³/mol. The first-order chi connectivity index (χ1) is 12.7. The van der Waals surface area contributed by atoms with Crippen LogP contribution in [0.1, 0.15) is 23.1 Å². The fourth-order valence-electron chi connectivity index (χ4n) is 3.13. The van der Waals surface area contributed by atoms with Gasteiger partial charge in [-0.1, -0.05) is 47.7 Å². The zero-order valence-corrected chi connectivity index (χ0v) is 15.4. The van der Waals surface area contributed by atoms with E-state index in [2.05, 4.69) is 32.6 Å². The lowest BCUT2D eigenvalue weighted by atomic mass is 10.1. The number of aromatic amines is 1. The summed E-state index contributed by atoms with van der Waals surface area (Å²) in [6.45, 7) is 2.05. The van der Waals surface area contributed by atoms with Crippen molar-refractivity contribution in [3.63, 3.8) is 0 Å². The molecule has 0 radical (unpaired) electrons. The molecule has 1 aliphatic rings. The number of nitrogens with zero attached hydrogens (tertiary/aromatic N) is 2. The number of fused-ring (bicyclic) bond motifs is 1. The fourth-order valence-corrected chi connectivity index (χ4v) is 3.73. The SMILES string of the molecule is Cc1ccc(-c2nc(SCC(=O)Nc3ccc4c(c3)CCC4)n[nH]2)cc1. The molecule has 0 bridgehead atoms. The minimum absolute atomic E-state index is 0.0466. The van der Waals surface area contributed by atoms with Gasteiger partial charge in [-0.2, -0.15) is 0 Å². The maximum Gasteiger partial charge on any atom is 0.234 e. The second-order valence-corrected chi connectivity index (χ2v) is 7.45. The van der Waals surface area contributed by atoms with Crippen molar-refractivity contribution < 1.29 is 4.79 Å². The Morgan fingerprint density at radius 2 is 1.96 bits per heavy atom. The number of rotatable bonds is 5. The van der Waals surface area contributed by atoms with E-state index in [1.165, 1.54) is 34.9 Å². The smallest absolute Gasteiger partial charge is 0.234 e. The summed E-state index contributed by atoms with van der Waals surface area (Å²) in [5.41, 5.74) is 5.81. The van der Waals surface area contributed by atoms with Gasteiger partial charge in [0, 0.05) is 11.3 Å². The molecule has 1 amide bonds. The molecule has 26 heavy (non-hydrogen) atoms. The molecule has 0 fully saturated rings. The van der Waals surface area contributed by atoms with Crippen molar-refractivity contribution in [3.8, 4) is 11.4 Å². The molecule has 2 aromatic carbocycles. The van der Waals surface area contributed by atoms with Crippen LogP contribution in [0, 0.1) is 6.92 Å². The second-order valence-electron chi connectivity index (χ2n) is 6.51. The topological polar surface area (TPSA) is 70.7 Å². The summed E-state index contributed by atoms with van der Waals surface area (Å²) in [4.78, 5) is 16.7. The summed E-state index contributed by atoms with van der Waals surface area (Å²) >= 11 is 1.33. The van der Waals surface area contributed by atoms with E-state index in [4.69, 9.17) is 0 Å². The summed E-state index contributed by atoms with van der Waals surface area (Å²) in [5.74, 6) is 0.948.